The van der Waals surface area contributed by atoms with E-state index in [0.717, 1.165) is 41.1 Å². The van der Waals surface area contributed by atoms with Crippen molar-refractivity contribution in [2.45, 2.75) is 58.4 Å². The number of nitrogens with one attached hydrogen (secondary N) is 1. The van der Waals surface area contributed by atoms with E-state index in [1.54, 1.807) is 11.8 Å². The SMILES string of the molecule is CCN(CC)c1cc(C(C)C)nc(SCc2ccc(C(=O)NCC(C)C)cc2)n1. The number of hydrogen-bond acceptors (Lipinski definition) is 5. The highest BCUT2D eigenvalue weighted by atomic mass is 32.2. The van der Waals surface area contributed by atoms with Crippen molar-refractivity contribution in [3.63, 3.8) is 0 Å². The molecule has 1 amide bonds. The second kappa shape index (κ2) is 11.2. The normalized spacial score (nSPS) is 11.2. The van der Waals surface area contributed by atoms with Gasteiger partial charge in [0.1, 0.15) is 5.82 Å². The van der Waals surface area contributed by atoms with Gasteiger partial charge in [-0.15, -0.1) is 0 Å². The third kappa shape index (κ3) is 7.03. The molecule has 0 saturated carbocycles. The molecule has 0 spiro atoms. The number of carbonyl (C=O) groups excluding carboxylic acids is 1. The number of benzene rings is 1. The van der Waals surface area contributed by atoms with Crippen LogP contribution < -0.4 is 10.2 Å². The molecule has 2 rings (SSSR count). The van der Waals surface area contributed by atoms with E-state index in [2.05, 4.69) is 57.8 Å². The zero-order valence-corrected chi connectivity index (χ0v) is 19.3. The molecule has 0 aliphatic heterocycles. The van der Waals surface area contributed by atoms with Crippen molar-refractivity contribution in [3.05, 3.63) is 47.2 Å². The van der Waals surface area contributed by atoms with E-state index < -0.39 is 0 Å². The minimum absolute atomic E-state index is 0.0188. The molecule has 0 saturated heterocycles. The minimum atomic E-state index is -0.0188. The second-order valence-corrected chi connectivity index (χ2v) is 8.79. The zero-order chi connectivity index (χ0) is 21.4. The van der Waals surface area contributed by atoms with Crippen molar-refractivity contribution in [1.82, 2.24) is 15.3 Å². The fraction of sp³-hybridized carbons (Fsp3) is 0.522. The second-order valence-electron chi connectivity index (χ2n) is 7.85. The summed E-state index contributed by atoms with van der Waals surface area (Å²) in [6.45, 7) is 15.3. The van der Waals surface area contributed by atoms with Crippen molar-refractivity contribution < 1.29 is 4.79 Å². The average Bonchev–Trinajstić information content (AvgIpc) is 2.71. The van der Waals surface area contributed by atoms with Crippen LogP contribution in [0.2, 0.25) is 0 Å². The van der Waals surface area contributed by atoms with Gasteiger partial charge in [0.15, 0.2) is 5.16 Å². The summed E-state index contributed by atoms with van der Waals surface area (Å²) in [4.78, 5) is 23.9. The van der Waals surface area contributed by atoms with Gasteiger partial charge in [-0.25, -0.2) is 9.97 Å². The summed E-state index contributed by atoms with van der Waals surface area (Å²) in [5, 5.41) is 3.75. The van der Waals surface area contributed by atoms with Crippen LogP contribution >= 0.6 is 11.8 Å². The Morgan fingerprint density at radius 3 is 2.28 bits per heavy atom. The number of hydrogen-bond donors (Lipinski definition) is 1. The van der Waals surface area contributed by atoms with Crippen LogP contribution in [0.1, 0.15) is 69.1 Å². The van der Waals surface area contributed by atoms with Crippen LogP contribution in [0.25, 0.3) is 0 Å². The lowest BCUT2D eigenvalue weighted by atomic mass is 10.1. The summed E-state index contributed by atoms with van der Waals surface area (Å²) in [6.07, 6.45) is 0. The molecular weight excluding hydrogens is 380 g/mol. The molecule has 158 valence electrons. The summed E-state index contributed by atoms with van der Waals surface area (Å²) in [5.74, 6) is 2.54. The van der Waals surface area contributed by atoms with Gasteiger partial charge >= 0.3 is 0 Å². The topological polar surface area (TPSA) is 58.1 Å². The van der Waals surface area contributed by atoms with Crippen molar-refractivity contribution in [1.29, 1.82) is 0 Å². The van der Waals surface area contributed by atoms with Gasteiger partial charge in [0.2, 0.25) is 0 Å². The monoisotopic (exact) mass is 414 g/mol. The summed E-state index contributed by atoms with van der Waals surface area (Å²) in [7, 11) is 0. The quantitative estimate of drug-likeness (QED) is 0.432. The van der Waals surface area contributed by atoms with Crippen LogP contribution in [0.5, 0.6) is 0 Å². The van der Waals surface area contributed by atoms with Crippen molar-refractivity contribution in [2.75, 3.05) is 24.5 Å². The Kier molecular flexibility index (Phi) is 8.96. The molecule has 1 aromatic carbocycles. The smallest absolute Gasteiger partial charge is 0.251 e. The molecule has 1 heterocycles. The fourth-order valence-electron chi connectivity index (χ4n) is 2.80. The van der Waals surface area contributed by atoms with Crippen LogP contribution in [-0.2, 0) is 5.75 Å². The van der Waals surface area contributed by atoms with Gasteiger partial charge in [-0.1, -0.05) is 51.6 Å². The Bertz CT molecular complexity index is 786. The number of amides is 1. The van der Waals surface area contributed by atoms with Crippen LogP contribution in [0.15, 0.2) is 35.5 Å². The van der Waals surface area contributed by atoms with Crippen LogP contribution in [0, 0.1) is 5.92 Å². The lowest BCUT2D eigenvalue weighted by Gasteiger charge is -2.21. The largest absolute Gasteiger partial charge is 0.357 e. The molecular formula is C23H34N4OS. The Balaban J connectivity index is 2.07. The van der Waals surface area contributed by atoms with E-state index in [1.165, 1.54) is 0 Å². The first kappa shape index (κ1) is 23.2. The Labute approximate surface area is 179 Å². The first-order chi connectivity index (χ1) is 13.8. The molecule has 0 bridgehead atoms. The standard InChI is InChI=1S/C23H34N4OS/c1-7-27(8-2)21-13-20(17(5)6)25-23(26-21)29-15-18-9-11-19(12-10-18)22(28)24-14-16(3)4/h9-13,16-17H,7-8,14-15H2,1-6H3,(H,24,28). The number of aromatic nitrogens is 2. The number of nitrogens with zero attached hydrogens (tertiary/aromatic N) is 3. The molecule has 29 heavy (non-hydrogen) atoms. The van der Waals surface area contributed by atoms with Crippen LogP contribution in [0.4, 0.5) is 5.82 Å². The molecule has 1 N–H and O–H groups in total. The third-order valence-electron chi connectivity index (χ3n) is 4.65. The van der Waals surface area contributed by atoms with E-state index in [4.69, 9.17) is 9.97 Å². The maximum atomic E-state index is 12.2. The van der Waals surface area contributed by atoms with Gasteiger partial charge in [0.05, 0.1) is 0 Å². The van der Waals surface area contributed by atoms with Gasteiger partial charge in [0, 0.05) is 42.7 Å². The summed E-state index contributed by atoms with van der Waals surface area (Å²) >= 11 is 1.64. The molecule has 0 aliphatic rings. The van der Waals surface area contributed by atoms with Crippen molar-refractivity contribution >= 4 is 23.5 Å². The molecule has 5 nitrogen and oxygen atoms in total. The molecule has 0 radical (unpaired) electrons. The van der Waals surface area contributed by atoms with E-state index in [0.29, 0.717) is 23.9 Å². The van der Waals surface area contributed by atoms with Gasteiger partial charge < -0.3 is 10.2 Å². The van der Waals surface area contributed by atoms with Gasteiger partial charge in [-0.3, -0.25) is 4.79 Å². The first-order valence-corrected chi connectivity index (χ1v) is 11.5. The first-order valence-electron chi connectivity index (χ1n) is 10.5. The van der Waals surface area contributed by atoms with Crippen LogP contribution in [-0.4, -0.2) is 35.5 Å². The summed E-state index contributed by atoms with van der Waals surface area (Å²) in [6, 6.07) is 9.90. The lowest BCUT2D eigenvalue weighted by Crippen LogP contribution is -2.27. The Hall–Kier alpha value is -2.08. The van der Waals surface area contributed by atoms with Gasteiger partial charge in [0.25, 0.3) is 5.91 Å². The Morgan fingerprint density at radius 1 is 1.07 bits per heavy atom. The Morgan fingerprint density at radius 2 is 1.72 bits per heavy atom. The van der Waals surface area contributed by atoms with Crippen LogP contribution in [0.3, 0.4) is 0 Å². The number of thioether (sulfide) groups is 1. The van der Waals surface area contributed by atoms with Gasteiger partial charge in [-0.2, -0.15) is 0 Å². The molecule has 0 unspecified atom stereocenters. The van der Waals surface area contributed by atoms with Gasteiger partial charge in [-0.05, 0) is 43.4 Å². The third-order valence-corrected chi connectivity index (χ3v) is 5.56. The van der Waals surface area contributed by atoms with Crippen molar-refractivity contribution in [2.24, 2.45) is 5.92 Å². The number of rotatable bonds is 10. The van der Waals surface area contributed by atoms with E-state index >= 15 is 0 Å². The molecule has 0 atom stereocenters. The van der Waals surface area contributed by atoms with E-state index in [-0.39, 0.29) is 5.91 Å². The average molecular weight is 415 g/mol. The maximum Gasteiger partial charge on any atom is 0.251 e. The molecule has 1 aromatic heterocycles. The molecule has 2 aromatic rings. The van der Waals surface area contributed by atoms with E-state index in [9.17, 15) is 4.79 Å². The number of anilines is 1. The maximum absolute atomic E-state index is 12.2. The molecule has 6 heteroatoms. The number of carbonyl (C=O) groups is 1. The fourth-order valence-corrected chi connectivity index (χ4v) is 3.62. The highest BCUT2D eigenvalue weighted by molar-refractivity contribution is 7.98. The van der Waals surface area contributed by atoms with Crippen molar-refractivity contribution in [3.8, 4) is 0 Å². The summed E-state index contributed by atoms with van der Waals surface area (Å²) in [5.41, 5.74) is 2.92. The summed E-state index contributed by atoms with van der Waals surface area (Å²) < 4.78 is 0. The highest BCUT2D eigenvalue weighted by Gasteiger charge is 2.12. The molecule has 0 fully saturated rings. The minimum Gasteiger partial charge on any atom is -0.357 e. The zero-order valence-electron chi connectivity index (χ0n) is 18.5. The predicted molar refractivity (Wildman–Crippen MR) is 123 cm³/mol. The highest BCUT2D eigenvalue weighted by Crippen LogP contribution is 2.25. The predicted octanol–water partition coefficient (Wildman–Crippen LogP) is 5.12. The lowest BCUT2D eigenvalue weighted by molar-refractivity contribution is 0.0949. The van der Waals surface area contributed by atoms with E-state index in [1.807, 2.05) is 24.3 Å². The molecule has 0 aliphatic carbocycles.